The monoisotopic (exact) mass is 342 g/mol. The summed E-state index contributed by atoms with van der Waals surface area (Å²) < 4.78 is 26.0. The molecule has 0 aliphatic carbocycles. The lowest BCUT2D eigenvalue weighted by atomic mass is 9.91. The Kier molecular flexibility index (Phi) is 3.85. The molecule has 2 aliphatic rings. The minimum Gasteiger partial charge on any atom is -0.381 e. The van der Waals surface area contributed by atoms with E-state index in [0.29, 0.717) is 21.8 Å². The van der Waals surface area contributed by atoms with Gasteiger partial charge >= 0.3 is 0 Å². The van der Waals surface area contributed by atoms with Gasteiger partial charge in [0.25, 0.3) is 0 Å². The summed E-state index contributed by atoms with van der Waals surface area (Å²) in [5.41, 5.74) is 3.20. The third kappa shape index (κ3) is 2.62. The van der Waals surface area contributed by atoms with Crippen LogP contribution in [0.15, 0.2) is 52.3 Å². The van der Waals surface area contributed by atoms with E-state index in [2.05, 4.69) is 10.6 Å². The highest BCUT2D eigenvalue weighted by Crippen LogP contribution is 2.41. The predicted molar refractivity (Wildman–Crippen MR) is 95.3 cm³/mol. The standard InChI is InChI=1S/C19H22N2O2S/c1-13-3-2-4-14(11-13)24(22,23)15-5-6-18-17(12-15)16-7-9-20-10-8-19(16)21-18/h2-6,11-12,16,19-21H,7-10H2,1H3/t16?,19-/m1/s1. The maximum atomic E-state index is 13.0. The van der Waals surface area contributed by atoms with Crippen molar-refractivity contribution >= 4 is 15.5 Å². The van der Waals surface area contributed by atoms with Crippen molar-refractivity contribution in [2.75, 3.05) is 18.4 Å². The molecule has 126 valence electrons. The van der Waals surface area contributed by atoms with Gasteiger partial charge in [0.05, 0.1) is 9.79 Å². The molecule has 1 fully saturated rings. The average Bonchev–Trinajstić information content (AvgIpc) is 2.75. The van der Waals surface area contributed by atoms with Crippen LogP contribution in [0.5, 0.6) is 0 Å². The highest BCUT2D eigenvalue weighted by molar-refractivity contribution is 7.91. The van der Waals surface area contributed by atoms with E-state index in [0.717, 1.165) is 42.7 Å². The molecule has 2 aliphatic heterocycles. The molecule has 2 aromatic carbocycles. The van der Waals surface area contributed by atoms with E-state index in [-0.39, 0.29) is 0 Å². The third-order valence-electron chi connectivity index (χ3n) is 5.12. The normalized spacial score (nSPS) is 23.0. The van der Waals surface area contributed by atoms with Crippen LogP contribution < -0.4 is 10.6 Å². The number of aryl methyl sites for hydroxylation is 1. The first-order chi connectivity index (χ1) is 11.6. The van der Waals surface area contributed by atoms with Gasteiger partial charge in [0, 0.05) is 17.6 Å². The summed E-state index contributed by atoms with van der Waals surface area (Å²) in [6, 6.07) is 13.1. The maximum absolute atomic E-state index is 13.0. The zero-order valence-corrected chi connectivity index (χ0v) is 14.6. The van der Waals surface area contributed by atoms with Gasteiger partial charge < -0.3 is 10.6 Å². The van der Waals surface area contributed by atoms with Crippen LogP contribution in [0.2, 0.25) is 0 Å². The van der Waals surface area contributed by atoms with E-state index >= 15 is 0 Å². The van der Waals surface area contributed by atoms with Crippen LogP contribution in [-0.4, -0.2) is 27.5 Å². The molecule has 4 rings (SSSR count). The number of hydrogen-bond acceptors (Lipinski definition) is 4. The fourth-order valence-electron chi connectivity index (χ4n) is 3.85. The van der Waals surface area contributed by atoms with Crippen molar-refractivity contribution in [2.24, 2.45) is 0 Å². The van der Waals surface area contributed by atoms with Crippen LogP contribution in [0, 0.1) is 6.92 Å². The Morgan fingerprint density at radius 3 is 2.62 bits per heavy atom. The Labute approximate surface area is 143 Å². The summed E-state index contributed by atoms with van der Waals surface area (Å²) in [4.78, 5) is 0.763. The SMILES string of the molecule is Cc1cccc(S(=O)(=O)c2ccc3c(c2)C2CCNCC[C@H]2N3)c1. The van der Waals surface area contributed by atoms with Crippen LogP contribution >= 0.6 is 0 Å². The average molecular weight is 342 g/mol. The topological polar surface area (TPSA) is 58.2 Å². The van der Waals surface area contributed by atoms with Gasteiger partial charge in [-0.15, -0.1) is 0 Å². The zero-order valence-electron chi connectivity index (χ0n) is 13.7. The summed E-state index contributed by atoms with van der Waals surface area (Å²) in [6.45, 7) is 3.91. The highest BCUT2D eigenvalue weighted by Gasteiger charge is 2.34. The molecule has 1 saturated heterocycles. The second-order valence-electron chi connectivity index (χ2n) is 6.75. The van der Waals surface area contributed by atoms with Crippen LogP contribution in [0.4, 0.5) is 5.69 Å². The lowest BCUT2D eigenvalue weighted by Gasteiger charge is -2.16. The molecule has 0 spiro atoms. The number of anilines is 1. The summed E-state index contributed by atoms with van der Waals surface area (Å²) in [5.74, 6) is 0.391. The number of hydrogen-bond donors (Lipinski definition) is 2. The molecule has 2 heterocycles. The number of nitrogens with one attached hydrogen (secondary N) is 2. The van der Waals surface area contributed by atoms with Crippen LogP contribution in [-0.2, 0) is 9.84 Å². The molecule has 1 unspecified atom stereocenters. The highest BCUT2D eigenvalue weighted by atomic mass is 32.2. The van der Waals surface area contributed by atoms with E-state index in [1.807, 2.05) is 25.1 Å². The van der Waals surface area contributed by atoms with Gasteiger partial charge in [0.15, 0.2) is 0 Å². The third-order valence-corrected chi connectivity index (χ3v) is 6.87. The van der Waals surface area contributed by atoms with Gasteiger partial charge in [0.2, 0.25) is 9.84 Å². The second-order valence-corrected chi connectivity index (χ2v) is 8.70. The number of sulfone groups is 1. The molecular formula is C19H22N2O2S. The number of fused-ring (bicyclic) bond motifs is 3. The molecular weight excluding hydrogens is 320 g/mol. The summed E-state index contributed by atoms with van der Waals surface area (Å²) in [6.07, 6.45) is 2.11. The zero-order chi connectivity index (χ0) is 16.7. The van der Waals surface area contributed by atoms with Crippen molar-refractivity contribution in [1.82, 2.24) is 5.32 Å². The maximum Gasteiger partial charge on any atom is 0.206 e. The minimum atomic E-state index is -3.47. The number of rotatable bonds is 2. The van der Waals surface area contributed by atoms with E-state index in [1.165, 1.54) is 0 Å². The van der Waals surface area contributed by atoms with E-state index < -0.39 is 9.84 Å². The molecule has 0 amide bonds. The predicted octanol–water partition coefficient (Wildman–Crippen LogP) is 3.09. The molecule has 0 aromatic heterocycles. The Bertz CT molecular complexity index is 877. The van der Waals surface area contributed by atoms with Crippen molar-refractivity contribution in [3.63, 3.8) is 0 Å². The quantitative estimate of drug-likeness (QED) is 0.880. The molecule has 0 bridgehead atoms. The largest absolute Gasteiger partial charge is 0.381 e. The Morgan fingerprint density at radius 2 is 1.79 bits per heavy atom. The van der Waals surface area contributed by atoms with Gasteiger partial charge in [-0.2, -0.15) is 0 Å². The Balaban J connectivity index is 1.75. The first kappa shape index (κ1) is 15.7. The van der Waals surface area contributed by atoms with Gasteiger partial charge in [-0.05, 0) is 74.3 Å². The Hall–Kier alpha value is -1.85. The van der Waals surface area contributed by atoms with Crippen molar-refractivity contribution in [1.29, 1.82) is 0 Å². The lowest BCUT2D eigenvalue weighted by Crippen LogP contribution is -2.21. The van der Waals surface area contributed by atoms with Crippen LogP contribution in [0.3, 0.4) is 0 Å². The van der Waals surface area contributed by atoms with Gasteiger partial charge in [-0.3, -0.25) is 0 Å². The molecule has 24 heavy (non-hydrogen) atoms. The molecule has 2 atom stereocenters. The van der Waals surface area contributed by atoms with Crippen LogP contribution in [0.25, 0.3) is 0 Å². The van der Waals surface area contributed by atoms with Crippen molar-refractivity contribution in [3.8, 4) is 0 Å². The molecule has 2 aromatic rings. The smallest absolute Gasteiger partial charge is 0.206 e. The van der Waals surface area contributed by atoms with Gasteiger partial charge in [-0.1, -0.05) is 12.1 Å². The van der Waals surface area contributed by atoms with Crippen molar-refractivity contribution in [2.45, 2.75) is 41.5 Å². The first-order valence-corrected chi connectivity index (χ1v) is 9.97. The summed E-state index contributed by atoms with van der Waals surface area (Å²) in [5, 5.41) is 6.99. The van der Waals surface area contributed by atoms with Gasteiger partial charge in [-0.25, -0.2) is 8.42 Å². The Morgan fingerprint density at radius 1 is 1.00 bits per heavy atom. The lowest BCUT2D eigenvalue weighted by molar-refractivity contribution is 0.576. The molecule has 2 N–H and O–H groups in total. The van der Waals surface area contributed by atoms with Crippen molar-refractivity contribution < 1.29 is 8.42 Å². The van der Waals surface area contributed by atoms with E-state index in [9.17, 15) is 8.42 Å². The molecule has 0 saturated carbocycles. The second kappa shape index (κ2) is 5.90. The first-order valence-electron chi connectivity index (χ1n) is 8.49. The molecule has 5 heteroatoms. The summed E-state index contributed by atoms with van der Waals surface area (Å²) >= 11 is 0. The summed E-state index contributed by atoms with van der Waals surface area (Å²) in [7, 11) is -3.47. The van der Waals surface area contributed by atoms with Crippen molar-refractivity contribution in [3.05, 3.63) is 53.6 Å². The van der Waals surface area contributed by atoms with E-state index in [1.54, 1.807) is 24.3 Å². The molecule has 4 nitrogen and oxygen atoms in total. The fraction of sp³-hybridized carbons (Fsp3) is 0.368. The van der Waals surface area contributed by atoms with Gasteiger partial charge in [0.1, 0.15) is 0 Å². The molecule has 0 radical (unpaired) electrons. The minimum absolute atomic E-state index is 0.368. The van der Waals surface area contributed by atoms with Crippen LogP contribution in [0.1, 0.15) is 29.9 Å². The fourth-order valence-corrected chi connectivity index (χ4v) is 5.25. The number of benzene rings is 2. The van der Waals surface area contributed by atoms with E-state index in [4.69, 9.17) is 0 Å².